The number of rotatable bonds is 1. The number of piperidine rings is 2. The summed E-state index contributed by atoms with van der Waals surface area (Å²) in [6, 6.07) is 10.7. The lowest BCUT2D eigenvalue weighted by Crippen LogP contribution is -3.18. The van der Waals surface area contributed by atoms with E-state index in [2.05, 4.69) is 30.3 Å². The second-order valence-electron chi connectivity index (χ2n) is 6.49. The molecule has 1 aromatic carbocycles. The maximum Gasteiger partial charge on any atom is 0.127 e. The van der Waals surface area contributed by atoms with Gasteiger partial charge in [0.05, 0.1) is 38.2 Å². The molecule has 0 aromatic heterocycles. The number of aliphatic hydroxyl groups excluding tert-OH is 1. The van der Waals surface area contributed by atoms with E-state index in [9.17, 15) is 5.11 Å². The number of aliphatic hydroxyl groups is 1. The van der Waals surface area contributed by atoms with Gasteiger partial charge in [-0.05, 0) is 5.56 Å². The number of quaternary nitrogens is 2. The minimum atomic E-state index is -0.134. The lowest BCUT2D eigenvalue weighted by molar-refractivity contribution is -0.918. The molecule has 5 rings (SSSR count). The molecule has 3 N–H and O–H groups in total. The molecule has 4 aliphatic rings. The fourth-order valence-electron chi connectivity index (χ4n) is 4.68. The van der Waals surface area contributed by atoms with Crippen molar-refractivity contribution >= 4 is 0 Å². The Hall–Kier alpha value is -0.900. The highest BCUT2D eigenvalue weighted by Crippen LogP contribution is 2.33. The Labute approximate surface area is 108 Å². The molecule has 4 heterocycles. The second-order valence-corrected chi connectivity index (χ2v) is 6.49. The zero-order valence-corrected chi connectivity index (χ0v) is 10.7. The largest absolute Gasteiger partial charge is 0.391 e. The van der Waals surface area contributed by atoms with Crippen LogP contribution < -0.4 is 9.80 Å². The third-order valence-electron chi connectivity index (χ3n) is 5.43. The van der Waals surface area contributed by atoms with Crippen molar-refractivity contribution in [3.63, 3.8) is 0 Å². The van der Waals surface area contributed by atoms with E-state index in [0.717, 1.165) is 13.1 Å². The highest BCUT2D eigenvalue weighted by atomic mass is 16.3. The molecule has 2 unspecified atom stereocenters. The van der Waals surface area contributed by atoms with Crippen molar-refractivity contribution in [2.24, 2.45) is 5.92 Å². The molecule has 3 nitrogen and oxygen atoms in total. The van der Waals surface area contributed by atoms with Crippen LogP contribution in [0.3, 0.4) is 0 Å². The van der Waals surface area contributed by atoms with E-state index in [0.29, 0.717) is 5.92 Å². The van der Waals surface area contributed by atoms with E-state index in [1.54, 1.807) is 9.80 Å². The molecule has 3 atom stereocenters. The van der Waals surface area contributed by atoms with Crippen LogP contribution in [0.4, 0.5) is 0 Å². The molecule has 0 spiro atoms. The summed E-state index contributed by atoms with van der Waals surface area (Å²) in [5.41, 5.74) is 1.38. The smallest absolute Gasteiger partial charge is 0.127 e. The van der Waals surface area contributed by atoms with Gasteiger partial charge < -0.3 is 14.9 Å². The second kappa shape index (κ2) is 3.80. The number of nitrogens with one attached hydrogen (secondary N) is 2. The van der Waals surface area contributed by atoms with E-state index >= 15 is 0 Å². The lowest BCUT2D eigenvalue weighted by Gasteiger charge is -2.49. The Bertz CT molecular complexity index is 431. The van der Waals surface area contributed by atoms with Crippen LogP contribution in [0.2, 0.25) is 0 Å². The van der Waals surface area contributed by atoms with Crippen LogP contribution >= 0.6 is 0 Å². The normalized spacial score (nSPS) is 46.1. The molecule has 18 heavy (non-hydrogen) atoms. The number of benzene rings is 1. The van der Waals surface area contributed by atoms with Crippen molar-refractivity contribution in [2.75, 3.05) is 39.3 Å². The summed E-state index contributed by atoms with van der Waals surface area (Å²) >= 11 is 0. The Balaban J connectivity index is 1.83. The highest BCUT2D eigenvalue weighted by molar-refractivity contribution is 5.29. The Morgan fingerprint density at radius 3 is 2.22 bits per heavy atom. The third-order valence-corrected chi connectivity index (χ3v) is 5.43. The zero-order chi connectivity index (χ0) is 12.2. The van der Waals surface area contributed by atoms with Gasteiger partial charge in [0.1, 0.15) is 18.5 Å². The molecule has 96 valence electrons. The van der Waals surface area contributed by atoms with Gasteiger partial charge in [-0.2, -0.15) is 0 Å². The molecular formula is C15H22N2O+2. The summed E-state index contributed by atoms with van der Waals surface area (Å²) in [5, 5.41) is 10.8. The average molecular weight is 246 g/mol. The highest BCUT2D eigenvalue weighted by Gasteiger charge is 2.59. The van der Waals surface area contributed by atoms with Crippen molar-refractivity contribution < 1.29 is 14.9 Å². The minimum absolute atomic E-state index is 0.0175. The van der Waals surface area contributed by atoms with Crippen molar-refractivity contribution in [3.05, 3.63) is 35.9 Å². The lowest BCUT2D eigenvalue weighted by atomic mass is 9.66. The molecule has 4 saturated heterocycles. The van der Waals surface area contributed by atoms with Crippen LogP contribution in [0.15, 0.2) is 30.3 Å². The van der Waals surface area contributed by atoms with Crippen LogP contribution in [0.1, 0.15) is 5.56 Å². The summed E-state index contributed by atoms with van der Waals surface area (Å²) in [4.78, 5) is 3.42. The summed E-state index contributed by atoms with van der Waals surface area (Å²) in [7, 11) is 0. The van der Waals surface area contributed by atoms with Crippen LogP contribution in [-0.2, 0) is 5.41 Å². The molecule has 4 aliphatic heterocycles. The molecule has 4 bridgehead atoms. The molecule has 1 aromatic rings. The van der Waals surface area contributed by atoms with Crippen LogP contribution in [0.25, 0.3) is 0 Å². The molecular weight excluding hydrogens is 224 g/mol. The van der Waals surface area contributed by atoms with Crippen LogP contribution in [0.5, 0.6) is 0 Å². The van der Waals surface area contributed by atoms with Crippen molar-refractivity contribution in [1.29, 1.82) is 0 Å². The zero-order valence-electron chi connectivity index (χ0n) is 10.7. The van der Waals surface area contributed by atoms with Gasteiger partial charge in [0, 0.05) is 0 Å². The monoisotopic (exact) mass is 246 g/mol. The average Bonchev–Trinajstić information content (AvgIpc) is 2.65. The molecule has 4 fully saturated rings. The number of hydrogen-bond acceptors (Lipinski definition) is 1. The SMILES string of the molecule is O[C@H]1C2C[NH+]3CC[NH+](C2)CC1(c1ccccc1)C3. The topological polar surface area (TPSA) is 29.1 Å². The van der Waals surface area contributed by atoms with Gasteiger partial charge in [-0.3, -0.25) is 0 Å². The Morgan fingerprint density at radius 2 is 1.61 bits per heavy atom. The predicted octanol–water partition coefficient (Wildman–Crippen LogP) is -2.29. The number of hydrogen-bond donors (Lipinski definition) is 3. The van der Waals surface area contributed by atoms with E-state index in [1.807, 2.05) is 0 Å². The number of fused-ring (bicyclic) bond motifs is 1. The van der Waals surface area contributed by atoms with E-state index in [4.69, 9.17) is 0 Å². The van der Waals surface area contributed by atoms with Crippen LogP contribution in [-0.4, -0.2) is 50.5 Å². The quantitative estimate of drug-likeness (QED) is 0.512. The summed E-state index contributed by atoms with van der Waals surface area (Å²) in [6.07, 6.45) is -0.134. The fourth-order valence-corrected chi connectivity index (χ4v) is 4.68. The Kier molecular flexibility index (Phi) is 2.31. The van der Waals surface area contributed by atoms with Crippen molar-refractivity contribution in [1.82, 2.24) is 0 Å². The van der Waals surface area contributed by atoms with Crippen molar-refractivity contribution in [3.8, 4) is 0 Å². The van der Waals surface area contributed by atoms with E-state index in [-0.39, 0.29) is 11.5 Å². The van der Waals surface area contributed by atoms with Gasteiger partial charge in [-0.15, -0.1) is 0 Å². The van der Waals surface area contributed by atoms with Gasteiger partial charge in [-0.1, -0.05) is 30.3 Å². The Morgan fingerprint density at radius 1 is 1.00 bits per heavy atom. The molecule has 0 radical (unpaired) electrons. The first-order valence-corrected chi connectivity index (χ1v) is 7.19. The molecule has 0 amide bonds. The standard InChI is InChI=1S/C15H20N2O/c18-14-12-8-16-6-7-17(9-12)11-15(14,10-16)13-4-2-1-3-5-13/h1-5,12,14,18H,6-11H2/p+2/t12?,14-,15?/m0/s1. The van der Waals surface area contributed by atoms with Crippen molar-refractivity contribution in [2.45, 2.75) is 11.5 Å². The molecule has 0 saturated carbocycles. The minimum Gasteiger partial charge on any atom is -0.391 e. The van der Waals surface area contributed by atoms with E-state index < -0.39 is 0 Å². The van der Waals surface area contributed by atoms with Gasteiger partial charge in [0.15, 0.2) is 0 Å². The van der Waals surface area contributed by atoms with Gasteiger partial charge in [0.2, 0.25) is 0 Å². The maximum atomic E-state index is 10.8. The third kappa shape index (κ3) is 1.41. The first-order valence-electron chi connectivity index (χ1n) is 7.19. The fraction of sp³-hybridized carbons (Fsp3) is 0.600. The molecule has 3 heteroatoms. The molecule has 0 aliphatic carbocycles. The summed E-state index contributed by atoms with van der Waals surface area (Å²) in [5.74, 6) is 0.500. The van der Waals surface area contributed by atoms with E-state index in [1.165, 1.54) is 31.7 Å². The van der Waals surface area contributed by atoms with Gasteiger partial charge >= 0.3 is 0 Å². The first kappa shape index (κ1) is 11.0. The summed E-state index contributed by atoms with van der Waals surface area (Å²) < 4.78 is 0. The first-order chi connectivity index (χ1) is 8.78. The predicted molar refractivity (Wildman–Crippen MR) is 68.7 cm³/mol. The van der Waals surface area contributed by atoms with Gasteiger partial charge in [-0.25, -0.2) is 0 Å². The van der Waals surface area contributed by atoms with Gasteiger partial charge in [0.25, 0.3) is 0 Å². The maximum absolute atomic E-state index is 10.8. The van der Waals surface area contributed by atoms with Crippen LogP contribution in [0, 0.1) is 5.92 Å². The summed E-state index contributed by atoms with van der Waals surface area (Å²) in [6.45, 7) is 7.18.